The van der Waals surface area contributed by atoms with Crippen LogP contribution in [0.1, 0.15) is 57.7 Å². The zero-order valence-corrected chi connectivity index (χ0v) is 11.4. The van der Waals surface area contributed by atoms with E-state index in [1.54, 1.807) is 0 Å². The van der Waals surface area contributed by atoms with Crippen LogP contribution in [0.5, 0.6) is 0 Å². The molecule has 2 N–H and O–H groups in total. The van der Waals surface area contributed by atoms with Crippen LogP contribution in [0.2, 0.25) is 0 Å². The summed E-state index contributed by atoms with van der Waals surface area (Å²) < 4.78 is 1.93. The first-order valence-corrected chi connectivity index (χ1v) is 6.87. The van der Waals surface area contributed by atoms with E-state index >= 15 is 0 Å². The summed E-state index contributed by atoms with van der Waals surface area (Å²) in [4.78, 5) is 11.9. The molecule has 0 spiro atoms. The quantitative estimate of drug-likeness (QED) is 0.841. The molecule has 1 aliphatic rings. The Hall–Kier alpha value is -1.16. The topological polar surface area (TPSA) is 60.9 Å². The molecule has 0 saturated heterocycles. The molecular weight excluding hydrogens is 226 g/mol. The average molecular weight is 249 g/mol. The van der Waals surface area contributed by atoms with Crippen LogP contribution in [0.4, 0.5) is 0 Å². The fourth-order valence-electron chi connectivity index (χ4n) is 2.37. The van der Waals surface area contributed by atoms with Crippen LogP contribution in [0.25, 0.3) is 0 Å². The third-order valence-corrected chi connectivity index (χ3v) is 3.98. The van der Waals surface area contributed by atoms with Crippen molar-refractivity contribution in [2.75, 3.05) is 0 Å². The minimum Gasteiger partial charge on any atom is -0.325 e. The van der Waals surface area contributed by atoms with Gasteiger partial charge < -0.3 is 5.73 Å². The highest BCUT2D eigenvalue weighted by molar-refractivity contribution is 5.81. The SMILES string of the molecule is CCC(C)n1ccc(CC(=O)CC2(N)CCC2)n1. The summed E-state index contributed by atoms with van der Waals surface area (Å²) in [5.41, 5.74) is 6.74. The first kappa shape index (κ1) is 13.3. The second-order valence-electron chi connectivity index (χ2n) is 5.65. The van der Waals surface area contributed by atoms with Crippen LogP contribution >= 0.6 is 0 Å². The molecule has 1 saturated carbocycles. The number of nitrogens with zero attached hydrogens (tertiary/aromatic N) is 2. The molecule has 0 radical (unpaired) electrons. The lowest BCUT2D eigenvalue weighted by atomic mass is 9.74. The van der Waals surface area contributed by atoms with E-state index in [1.807, 2.05) is 16.9 Å². The molecule has 0 amide bonds. The number of hydrogen-bond acceptors (Lipinski definition) is 3. The summed E-state index contributed by atoms with van der Waals surface area (Å²) in [6.07, 6.45) is 7.05. The summed E-state index contributed by atoms with van der Waals surface area (Å²) in [5, 5.41) is 4.45. The van der Waals surface area contributed by atoms with Gasteiger partial charge in [0.1, 0.15) is 5.78 Å². The van der Waals surface area contributed by atoms with Gasteiger partial charge in [-0.25, -0.2) is 0 Å². The number of nitrogens with two attached hydrogens (primary N) is 1. The summed E-state index contributed by atoms with van der Waals surface area (Å²) >= 11 is 0. The Balaban J connectivity index is 1.89. The Morgan fingerprint density at radius 1 is 1.61 bits per heavy atom. The van der Waals surface area contributed by atoms with Crippen molar-refractivity contribution >= 4 is 5.78 Å². The van der Waals surface area contributed by atoms with Crippen molar-refractivity contribution in [1.29, 1.82) is 0 Å². The van der Waals surface area contributed by atoms with Crippen LogP contribution in [-0.2, 0) is 11.2 Å². The summed E-state index contributed by atoms with van der Waals surface area (Å²) in [6.45, 7) is 4.26. The second-order valence-corrected chi connectivity index (χ2v) is 5.65. The van der Waals surface area contributed by atoms with Gasteiger partial charge in [-0.3, -0.25) is 9.48 Å². The normalized spacial score (nSPS) is 19.3. The molecule has 1 fully saturated rings. The van der Waals surface area contributed by atoms with Gasteiger partial charge in [0.15, 0.2) is 0 Å². The fraction of sp³-hybridized carbons (Fsp3) is 0.714. The van der Waals surface area contributed by atoms with Crippen molar-refractivity contribution in [3.05, 3.63) is 18.0 Å². The lowest BCUT2D eigenvalue weighted by Crippen LogP contribution is -2.48. The van der Waals surface area contributed by atoms with Crippen LogP contribution in [-0.4, -0.2) is 21.1 Å². The monoisotopic (exact) mass is 249 g/mol. The van der Waals surface area contributed by atoms with E-state index in [2.05, 4.69) is 18.9 Å². The molecule has 18 heavy (non-hydrogen) atoms. The summed E-state index contributed by atoms with van der Waals surface area (Å²) in [6, 6.07) is 2.33. The molecule has 1 aromatic rings. The first-order valence-electron chi connectivity index (χ1n) is 6.87. The summed E-state index contributed by atoms with van der Waals surface area (Å²) in [5.74, 6) is 0.214. The number of carbonyl (C=O) groups is 1. The smallest absolute Gasteiger partial charge is 0.140 e. The molecule has 1 unspecified atom stereocenters. The molecule has 1 aromatic heterocycles. The molecule has 1 atom stereocenters. The van der Waals surface area contributed by atoms with Crippen molar-refractivity contribution < 1.29 is 4.79 Å². The van der Waals surface area contributed by atoms with Crippen LogP contribution in [0, 0.1) is 0 Å². The van der Waals surface area contributed by atoms with Gasteiger partial charge in [0, 0.05) is 24.2 Å². The molecule has 0 bridgehead atoms. The van der Waals surface area contributed by atoms with Gasteiger partial charge in [-0.05, 0) is 38.7 Å². The lowest BCUT2D eigenvalue weighted by molar-refractivity contribution is -0.120. The van der Waals surface area contributed by atoms with Crippen molar-refractivity contribution in [2.45, 2.75) is 64.0 Å². The Labute approximate surface area is 109 Å². The first-order chi connectivity index (χ1) is 8.52. The molecule has 4 nitrogen and oxygen atoms in total. The van der Waals surface area contributed by atoms with E-state index in [0.29, 0.717) is 18.9 Å². The zero-order chi connectivity index (χ0) is 13.2. The molecule has 2 rings (SSSR count). The van der Waals surface area contributed by atoms with E-state index in [4.69, 9.17) is 5.73 Å². The molecule has 0 aliphatic heterocycles. The number of ketones is 1. The Morgan fingerprint density at radius 2 is 2.33 bits per heavy atom. The fourth-order valence-corrected chi connectivity index (χ4v) is 2.37. The Bertz CT molecular complexity index is 420. The number of hydrogen-bond donors (Lipinski definition) is 1. The largest absolute Gasteiger partial charge is 0.325 e. The van der Waals surface area contributed by atoms with Crippen molar-refractivity contribution in [2.24, 2.45) is 5.73 Å². The van der Waals surface area contributed by atoms with Crippen molar-refractivity contribution in [3.63, 3.8) is 0 Å². The van der Waals surface area contributed by atoms with Gasteiger partial charge >= 0.3 is 0 Å². The zero-order valence-electron chi connectivity index (χ0n) is 11.4. The maximum Gasteiger partial charge on any atom is 0.140 e. The number of rotatable bonds is 6. The minimum atomic E-state index is -0.212. The van der Waals surface area contributed by atoms with Crippen LogP contribution in [0.15, 0.2) is 12.3 Å². The van der Waals surface area contributed by atoms with Gasteiger partial charge in [0.25, 0.3) is 0 Å². The highest BCUT2D eigenvalue weighted by atomic mass is 16.1. The molecule has 100 valence electrons. The highest BCUT2D eigenvalue weighted by Gasteiger charge is 2.34. The Kier molecular flexibility index (Phi) is 3.85. The van der Waals surface area contributed by atoms with Gasteiger partial charge in [0.2, 0.25) is 0 Å². The molecular formula is C14H23N3O. The predicted octanol–water partition coefficient (Wildman–Crippen LogP) is 2.24. The van der Waals surface area contributed by atoms with Gasteiger partial charge in [0.05, 0.1) is 12.1 Å². The average Bonchev–Trinajstić information content (AvgIpc) is 2.74. The molecule has 4 heteroatoms. The molecule has 0 aromatic carbocycles. The van der Waals surface area contributed by atoms with Crippen LogP contribution < -0.4 is 5.73 Å². The number of Topliss-reactive ketones (excluding diaryl/α,β-unsaturated/α-hetero) is 1. The van der Waals surface area contributed by atoms with Gasteiger partial charge in [-0.15, -0.1) is 0 Å². The molecule has 1 heterocycles. The third kappa shape index (κ3) is 2.99. The van der Waals surface area contributed by atoms with Gasteiger partial charge in [-0.1, -0.05) is 6.92 Å². The van der Waals surface area contributed by atoms with Gasteiger partial charge in [-0.2, -0.15) is 5.10 Å². The standard InChI is InChI=1S/C14H23N3O/c1-3-11(2)17-8-5-12(16-17)9-13(18)10-14(15)6-4-7-14/h5,8,11H,3-4,6-7,9-10,15H2,1-2H3. The number of carbonyl (C=O) groups excluding carboxylic acids is 1. The van der Waals surface area contributed by atoms with E-state index < -0.39 is 0 Å². The Morgan fingerprint density at radius 3 is 2.89 bits per heavy atom. The second kappa shape index (κ2) is 5.22. The minimum absolute atomic E-state index is 0.212. The van der Waals surface area contributed by atoms with Crippen molar-refractivity contribution in [1.82, 2.24) is 9.78 Å². The maximum atomic E-state index is 11.9. The molecule has 1 aliphatic carbocycles. The van der Waals surface area contributed by atoms with E-state index in [9.17, 15) is 4.79 Å². The maximum absolute atomic E-state index is 11.9. The van der Waals surface area contributed by atoms with E-state index in [-0.39, 0.29) is 11.3 Å². The highest BCUT2D eigenvalue weighted by Crippen LogP contribution is 2.32. The third-order valence-electron chi connectivity index (χ3n) is 3.98. The summed E-state index contributed by atoms with van der Waals surface area (Å²) in [7, 11) is 0. The number of aromatic nitrogens is 2. The van der Waals surface area contributed by atoms with Crippen LogP contribution in [0.3, 0.4) is 0 Å². The van der Waals surface area contributed by atoms with E-state index in [0.717, 1.165) is 31.4 Å². The predicted molar refractivity (Wildman–Crippen MR) is 71.3 cm³/mol. The van der Waals surface area contributed by atoms with E-state index in [1.165, 1.54) is 0 Å². The van der Waals surface area contributed by atoms with Crippen molar-refractivity contribution in [3.8, 4) is 0 Å². The lowest BCUT2D eigenvalue weighted by Gasteiger charge is -2.37.